The molecule has 0 aliphatic heterocycles. The van der Waals surface area contributed by atoms with E-state index in [1.54, 1.807) is 0 Å². The van der Waals surface area contributed by atoms with E-state index >= 15 is 0 Å². The molecule has 0 aromatic heterocycles. The summed E-state index contributed by atoms with van der Waals surface area (Å²) in [6.07, 6.45) is -1.41. The van der Waals surface area contributed by atoms with Crippen molar-refractivity contribution in [1.82, 2.24) is 0 Å². The Morgan fingerprint density at radius 1 is 1.28 bits per heavy atom. The highest BCUT2D eigenvalue weighted by Crippen LogP contribution is 2.40. The molecule has 0 saturated heterocycles. The van der Waals surface area contributed by atoms with Gasteiger partial charge in [0.15, 0.2) is 0 Å². The molecule has 98 valence electrons. The van der Waals surface area contributed by atoms with E-state index in [1.165, 1.54) is 12.1 Å². The van der Waals surface area contributed by atoms with Crippen LogP contribution < -0.4 is 0 Å². The summed E-state index contributed by atoms with van der Waals surface area (Å²) in [5, 5.41) is 10.1. The van der Waals surface area contributed by atoms with Crippen molar-refractivity contribution in [2.75, 3.05) is 0 Å². The molecule has 0 heterocycles. The van der Waals surface area contributed by atoms with Gasteiger partial charge in [-0.15, -0.1) is 0 Å². The normalized spacial score (nSPS) is 17.7. The Balaban J connectivity index is 2.43. The first-order valence-corrected chi connectivity index (χ1v) is 6.42. The number of aliphatic hydroxyl groups excluding tert-OH is 1. The van der Waals surface area contributed by atoms with Crippen LogP contribution in [0.15, 0.2) is 34.3 Å². The monoisotopic (exact) mass is 320 g/mol. The second-order valence-corrected chi connectivity index (χ2v) is 5.22. The van der Waals surface area contributed by atoms with E-state index in [4.69, 9.17) is 0 Å². The summed E-state index contributed by atoms with van der Waals surface area (Å²) in [7, 11) is 0. The molecule has 0 amide bonds. The Morgan fingerprint density at radius 2 is 2.00 bits per heavy atom. The zero-order valence-corrected chi connectivity index (χ0v) is 11.1. The van der Waals surface area contributed by atoms with E-state index < -0.39 is 17.8 Å². The second kappa shape index (κ2) is 5.05. The number of halogens is 4. The first-order valence-electron chi connectivity index (χ1n) is 5.63. The van der Waals surface area contributed by atoms with Gasteiger partial charge in [0.05, 0.1) is 5.56 Å². The van der Waals surface area contributed by atoms with Crippen LogP contribution in [0.25, 0.3) is 0 Å². The van der Waals surface area contributed by atoms with Gasteiger partial charge in [0.1, 0.15) is 6.10 Å². The highest BCUT2D eigenvalue weighted by molar-refractivity contribution is 9.10. The lowest BCUT2D eigenvalue weighted by Gasteiger charge is -2.19. The van der Waals surface area contributed by atoms with Gasteiger partial charge in [-0.1, -0.05) is 28.1 Å². The van der Waals surface area contributed by atoms with Gasteiger partial charge >= 0.3 is 6.18 Å². The van der Waals surface area contributed by atoms with E-state index in [2.05, 4.69) is 15.9 Å². The van der Waals surface area contributed by atoms with E-state index in [-0.39, 0.29) is 5.56 Å². The molecule has 1 aliphatic rings. The molecule has 1 aromatic rings. The molecule has 1 unspecified atom stereocenters. The summed E-state index contributed by atoms with van der Waals surface area (Å²) in [6.45, 7) is 0. The predicted molar refractivity (Wildman–Crippen MR) is 66.0 cm³/mol. The Kier molecular flexibility index (Phi) is 3.82. The fourth-order valence-electron chi connectivity index (χ4n) is 2.16. The van der Waals surface area contributed by atoms with Crippen LogP contribution in [0.1, 0.15) is 36.5 Å². The first-order chi connectivity index (χ1) is 8.39. The molecule has 0 bridgehead atoms. The molecular weight excluding hydrogens is 309 g/mol. The van der Waals surface area contributed by atoms with Gasteiger partial charge < -0.3 is 5.11 Å². The summed E-state index contributed by atoms with van der Waals surface area (Å²) in [6, 6.07) is 3.86. The van der Waals surface area contributed by atoms with Crippen molar-refractivity contribution < 1.29 is 18.3 Å². The molecule has 2 rings (SSSR count). The van der Waals surface area contributed by atoms with Crippen LogP contribution in [-0.2, 0) is 6.18 Å². The molecule has 1 N–H and O–H groups in total. The first kappa shape index (κ1) is 13.6. The maximum absolute atomic E-state index is 12.9. The van der Waals surface area contributed by atoms with Gasteiger partial charge in [0, 0.05) is 4.47 Å². The predicted octanol–water partition coefficient (Wildman–Crippen LogP) is 4.61. The average Bonchev–Trinajstić information content (AvgIpc) is 2.80. The molecule has 1 atom stereocenters. The zero-order valence-electron chi connectivity index (χ0n) is 9.47. The molecule has 0 radical (unpaired) electrons. The van der Waals surface area contributed by atoms with Crippen LogP contribution in [0, 0.1) is 0 Å². The van der Waals surface area contributed by atoms with Crippen molar-refractivity contribution in [2.24, 2.45) is 0 Å². The van der Waals surface area contributed by atoms with E-state index in [1.807, 2.05) is 6.08 Å². The number of hydrogen-bond acceptors (Lipinski definition) is 1. The number of hydrogen-bond donors (Lipinski definition) is 1. The standard InChI is InChI=1S/C13H12BrF3O/c14-9-5-6-10(11(7-9)13(15,16)17)12(18)8-3-1-2-4-8/h3,5-7,12,18H,1-2,4H2. The Bertz CT molecular complexity index is 480. The minimum absolute atomic E-state index is 0.0705. The Morgan fingerprint density at radius 3 is 2.56 bits per heavy atom. The molecule has 1 aromatic carbocycles. The van der Waals surface area contributed by atoms with Gasteiger partial charge in [-0.2, -0.15) is 13.2 Å². The van der Waals surface area contributed by atoms with Gasteiger partial charge in [-0.3, -0.25) is 0 Å². The van der Waals surface area contributed by atoms with Crippen LogP contribution in [0.2, 0.25) is 0 Å². The fourth-order valence-corrected chi connectivity index (χ4v) is 2.52. The van der Waals surface area contributed by atoms with Crippen LogP contribution in [0.4, 0.5) is 13.2 Å². The SMILES string of the molecule is OC(C1=CCCC1)c1ccc(Br)cc1C(F)(F)F. The van der Waals surface area contributed by atoms with Crippen molar-refractivity contribution >= 4 is 15.9 Å². The van der Waals surface area contributed by atoms with Crippen LogP contribution in [0.5, 0.6) is 0 Å². The third-order valence-corrected chi connectivity index (χ3v) is 3.54. The largest absolute Gasteiger partial charge is 0.416 e. The molecule has 1 nitrogen and oxygen atoms in total. The maximum atomic E-state index is 12.9. The number of rotatable bonds is 2. The lowest BCUT2D eigenvalue weighted by molar-refractivity contribution is -0.139. The van der Waals surface area contributed by atoms with Gasteiger partial charge in [0.2, 0.25) is 0 Å². The van der Waals surface area contributed by atoms with Gasteiger partial charge in [-0.05, 0) is 42.5 Å². The third-order valence-electron chi connectivity index (χ3n) is 3.04. The maximum Gasteiger partial charge on any atom is 0.416 e. The molecule has 18 heavy (non-hydrogen) atoms. The summed E-state index contributed by atoms with van der Waals surface area (Å²) in [5.41, 5.74) is -0.168. The van der Waals surface area contributed by atoms with Crippen molar-refractivity contribution in [1.29, 1.82) is 0 Å². The number of allylic oxidation sites excluding steroid dienone is 1. The molecule has 5 heteroatoms. The molecule has 0 spiro atoms. The Hall–Kier alpha value is -0.810. The molecule has 1 aliphatic carbocycles. The quantitative estimate of drug-likeness (QED) is 0.789. The fraction of sp³-hybridized carbons (Fsp3) is 0.385. The molecule has 0 fully saturated rings. The minimum atomic E-state index is -4.46. The summed E-state index contributed by atoms with van der Waals surface area (Å²) in [4.78, 5) is 0. The number of aliphatic hydroxyl groups is 1. The van der Waals surface area contributed by atoms with Crippen LogP contribution in [-0.4, -0.2) is 5.11 Å². The van der Waals surface area contributed by atoms with Gasteiger partial charge in [0.25, 0.3) is 0 Å². The lowest BCUT2D eigenvalue weighted by Crippen LogP contribution is -2.13. The van der Waals surface area contributed by atoms with Crippen LogP contribution >= 0.6 is 15.9 Å². The lowest BCUT2D eigenvalue weighted by atomic mass is 9.96. The van der Waals surface area contributed by atoms with Crippen molar-refractivity contribution in [2.45, 2.75) is 31.5 Å². The Labute approximate surface area is 111 Å². The minimum Gasteiger partial charge on any atom is -0.384 e. The van der Waals surface area contributed by atoms with E-state index in [0.29, 0.717) is 16.5 Å². The highest BCUT2D eigenvalue weighted by Gasteiger charge is 2.36. The average molecular weight is 321 g/mol. The second-order valence-electron chi connectivity index (χ2n) is 4.30. The van der Waals surface area contributed by atoms with Crippen molar-refractivity contribution in [3.8, 4) is 0 Å². The molecule has 0 saturated carbocycles. The van der Waals surface area contributed by atoms with Crippen molar-refractivity contribution in [3.05, 3.63) is 45.4 Å². The van der Waals surface area contributed by atoms with E-state index in [9.17, 15) is 18.3 Å². The number of benzene rings is 1. The van der Waals surface area contributed by atoms with E-state index in [0.717, 1.165) is 18.9 Å². The summed E-state index contributed by atoms with van der Waals surface area (Å²) in [5.74, 6) is 0. The summed E-state index contributed by atoms with van der Waals surface area (Å²) >= 11 is 3.03. The van der Waals surface area contributed by atoms with Crippen LogP contribution in [0.3, 0.4) is 0 Å². The van der Waals surface area contributed by atoms with Gasteiger partial charge in [-0.25, -0.2) is 0 Å². The van der Waals surface area contributed by atoms with Crippen molar-refractivity contribution in [3.63, 3.8) is 0 Å². The topological polar surface area (TPSA) is 20.2 Å². The third kappa shape index (κ3) is 2.78. The highest BCUT2D eigenvalue weighted by atomic mass is 79.9. The smallest absolute Gasteiger partial charge is 0.384 e. The number of alkyl halides is 3. The summed E-state index contributed by atoms with van der Waals surface area (Å²) < 4.78 is 39.1. The molecular formula is C13H12BrF3O. The zero-order chi connectivity index (χ0) is 13.3.